The summed E-state index contributed by atoms with van der Waals surface area (Å²) in [5, 5.41) is 6.45. The van der Waals surface area contributed by atoms with Crippen LogP contribution in [0.5, 0.6) is 0 Å². The molecule has 2 saturated heterocycles. The topological polar surface area (TPSA) is 99.6 Å². The van der Waals surface area contributed by atoms with Crippen molar-refractivity contribution in [1.29, 1.82) is 0 Å². The first-order chi connectivity index (χ1) is 19.5. The molecule has 6 rings (SSSR count). The predicted octanol–water partition coefficient (Wildman–Crippen LogP) is 3.80. The van der Waals surface area contributed by atoms with Gasteiger partial charge in [-0.15, -0.1) is 0 Å². The molecule has 3 aromatic rings. The standard InChI is InChI=1S/C31H36N6O3/c38-28(20-35-13-1-2-14-35)32-24-9-7-22(8-10-24)18-23-6-5-17-37-30(23)34-27-12-11-25(19-26(27)31(37)40)33-29(39)21-36-15-3-4-16-36/h7-12,18-19H,1-6,13-17,20-21H2,(H,32,38)(H,33,39)/b23-18+. The lowest BCUT2D eigenvalue weighted by Gasteiger charge is -2.21. The van der Waals surface area contributed by atoms with Gasteiger partial charge in [0, 0.05) is 17.9 Å². The summed E-state index contributed by atoms with van der Waals surface area (Å²) in [5.74, 6) is 0.645. The number of rotatable bonds is 7. The van der Waals surface area contributed by atoms with Crippen molar-refractivity contribution < 1.29 is 9.59 Å². The van der Waals surface area contributed by atoms with Crippen molar-refractivity contribution in [3.8, 4) is 0 Å². The summed E-state index contributed by atoms with van der Waals surface area (Å²) in [7, 11) is 0. The van der Waals surface area contributed by atoms with Crippen LogP contribution in [0.2, 0.25) is 0 Å². The van der Waals surface area contributed by atoms with Crippen LogP contribution in [0.1, 0.15) is 49.9 Å². The van der Waals surface area contributed by atoms with Gasteiger partial charge < -0.3 is 10.6 Å². The molecule has 2 amide bonds. The average Bonchev–Trinajstić information content (AvgIpc) is 3.65. The molecule has 3 aliphatic heterocycles. The van der Waals surface area contributed by atoms with Gasteiger partial charge in [0.05, 0.1) is 24.0 Å². The van der Waals surface area contributed by atoms with Gasteiger partial charge in [-0.25, -0.2) is 4.98 Å². The second-order valence-electron chi connectivity index (χ2n) is 11.1. The van der Waals surface area contributed by atoms with Gasteiger partial charge in [-0.2, -0.15) is 0 Å². The minimum Gasteiger partial charge on any atom is -0.325 e. The van der Waals surface area contributed by atoms with E-state index in [2.05, 4.69) is 26.5 Å². The van der Waals surface area contributed by atoms with E-state index >= 15 is 0 Å². The van der Waals surface area contributed by atoms with Crippen molar-refractivity contribution in [2.75, 3.05) is 49.9 Å². The molecule has 0 radical (unpaired) electrons. The molecule has 208 valence electrons. The molecule has 9 nitrogen and oxygen atoms in total. The van der Waals surface area contributed by atoms with Gasteiger partial charge in [0.2, 0.25) is 11.8 Å². The van der Waals surface area contributed by atoms with Crippen LogP contribution in [0.25, 0.3) is 22.6 Å². The lowest BCUT2D eigenvalue weighted by atomic mass is 10.0. The summed E-state index contributed by atoms with van der Waals surface area (Å²) < 4.78 is 1.75. The Morgan fingerprint density at radius 2 is 1.38 bits per heavy atom. The van der Waals surface area contributed by atoms with E-state index in [1.165, 1.54) is 0 Å². The number of nitrogens with one attached hydrogen (secondary N) is 2. The Morgan fingerprint density at radius 3 is 2.02 bits per heavy atom. The smallest absolute Gasteiger partial charge is 0.261 e. The van der Waals surface area contributed by atoms with Crippen molar-refractivity contribution in [3.05, 3.63) is 64.2 Å². The molecule has 0 bridgehead atoms. The van der Waals surface area contributed by atoms with E-state index in [0.29, 0.717) is 42.0 Å². The van der Waals surface area contributed by atoms with Crippen LogP contribution in [0.4, 0.5) is 11.4 Å². The molecule has 0 aliphatic carbocycles. The third-order valence-electron chi connectivity index (χ3n) is 8.02. The van der Waals surface area contributed by atoms with Crippen molar-refractivity contribution in [3.63, 3.8) is 0 Å². The van der Waals surface area contributed by atoms with E-state index in [0.717, 1.165) is 81.5 Å². The van der Waals surface area contributed by atoms with Crippen LogP contribution < -0.4 is 16.2 Å². The molecule has 0 atom stereocenters. The number of anilines is 2. The first-order valence-corrected chi connectivity index (χ1v) is 14.4. The summed E-state index contributed by atoms with van der Waals surface area (Å²) in [6.07, 6.45) is 8.35. The monoisotopic (exact) mass is 540 g/mol. The van der Waals surface area contributed by atoms with E-state index in [1.807, 2.05) is 36.4 Å². The molecule has 40 heavy (non-hydrogen) atoms. The van der Waals surface area contributed by atoms with Crippen LogP contribution in [0.15, 0.2) is 47.3 Å². The van der Waals surface area contributed by atoms with Crippen molar-refractivity contribution in [1.82, 2.24) is 19.4 Å². The highest BCUT2D eigenvalue weighted by atomic mass is 16.2. The number of benzene rings is 2. The minimum absolute atomic E-state index is 0.0129. The Hall–Kier alpha value is -3.82. The SMILES string of the molecule is O=C(CN1CCCC1)Nc1ccc(/C=C2\CCCn3c2nc2ccc(NC(=O)CN4CCCC4)cc2c3=O)cc1. The molecular weight excluding hydrogens is 504 g/mol. The Labute approximate surface area is 233 Å². The van der Waals surface area contributed by atoms with Gasteiger partial charge in [-0.05, 0) is 112 Å². The summed E-state index contributed by atoms with van der Waals surface area (Å²) in [5.41, 5.74) is 3.94. The Bertz CT molecular complexity index is 1500. The normalized spacial score (nSPS) is 18.8. The molecule has 0 spiro atoms. The number of fused-ring (bicyclic) bond motifs is 2. The zero-order valence-electron chi connectivity index (χ0n) is 22.8. The zero-order valence-corrected chi connectivity index (χ0v) is 22.8. The Morgan fingerprint density at radius 1 is 0.775 bits per heavy atom. The third-order valence-corrected chi connectivity index (χ3v) is 8.02. The fourth-order valence-corrected chi connectivity index (χ4v) is 5.98. The molecule has 9 heteroatoms. The number of allylic oxidation sites excluding steroid dienone is 1. The number of hydrogen-bond acceptors (Lipinski definition) is 6. The quantitative estimate of drug-likeness (QED) is 0.473. The zero-order chi connectivity index (χ0) is 27.5. The van der Waals surface area contributed by atoms with Crippen LogP contribution in [-0.4, -0.2) is 70.4 Å². The van der Waals surface area contributed by atoms with Crippen molar-refractivity contribution >= 4 is 45.7 Å². The first kappa shape index (κ1) is 26.4. The minimum atomic E-state index is -0.0858. The summed E-state index contributed by atoms with van der Waals surface area (Å²) in [6.45, 7) is 5.32. The Balaban J connectivity index is 1.18. The van der Waals surface area contributed by atoms with Gasteiger partial charge in [-0.1, -0.05) is 12.1 Å². The molecule has 0 unspecified atom stereocenters. The van der Waals surface area contributed by atoms with E-state index < -0.39 is 0 Å². The molecule has 4 heterocycles. The second kappa shape index (κ2) is 11.7. The van der Waals surface area contributed by atoms with E-state index in [1.54, 1.807) is 10.6 Å². The number of nitrogens with zero attached hydrogens (tertiary/aromatic N) is 4. The fourth-order valence-electron chi connectivity index (χ4n) is 5.98. The van der Waals surface area contributed by atoms with Gasteiger partial charge in [0.25, 0.3) is 5.56 Å². The van der Waals surface area contributed by atoms with Gasteiger partial charge in [-0.3, -0.25) is 28.8 Å². The Kier molecular flexibility index (Phi) is 7.75. The molecular formula is C31H36N6O3. The van der Waals surface area contributed by atoms with E-state index in [4.69, 9.17) is 4.98 Å². The van der Waals surface area contributed by atoms with Gasteiger partial charge >= 0.3 is 0 Å². The summed E-state index contributed by atoms with van der Waals surface area (Å²) >= 11 is 0. The van der Waals surface area contributed by atoms with Crippen LogP contribution in [-0.2, 0) is 16.1 Å². The molecule has 2 N–H and O–H groups in total. The van der Waals surface area contributed by atoms with E-state index in [-0.39, 0.29) is 17.4 Å². The number of hydrogen-bond donors (Lipinski definition) is 2. The lowest BCUT2D eigenvalue weighted by molar-refractivity contribution is -0.117. The molecule has 1 aromatic heterocycles. The number of carbonyl (C=O) groups excluding carboxylic acids is 2. The average molecular weight is 541 g/mol. The highest BCUT2D eigenvalue weighted by molar-refractivity contribution is 5.95. The highest BCUT2D eigenvalue weighted by Gasteiger charge is 2.20. The van der Waals surface area contributed by atoms with E-state index in [9.17, 15) is 14.4 Å². The fraction of sp³-hybridized carbons (Fsp3) is 0.419. The van der Waals surface area contributed by atoms with Crippen LogP contribution in [0, 0.1) is 0 Å². The maximum absolute atomic E-state index is 13.5. The molecule has 2 aromatic carbocycles. The summed E-state index contributed by atoms with van der Waals surface area (Å²) in [4.78, 5) is 47.6. The molecule has 3 aliphatic rings. The lowest BCUT2D eigenvalue weighted by Crippen LogP contribution is -2.31. The first-order valence-electron chi connectivity index (χ1n) is 14.4. The third kappa shape index (κ3) is 6.00. The predicted molar refractivity (Wildman–Crippen MR) is 158 cm³/mol. The highest BCUT2D eigenvalue weighted by Crippen LogP contribution is 2.28. The van der Waals surface area contributed by atoms with Crippen molar-refractivity contribution in [2.45, 2.75) is 45.1 Å². The number of amides is 2. The number of aromatic nitrogens is 2. The van der Waals surface area contributed by atoms with Crippen LogP contribution in [0.3, 0.4) is 0 Å². The van der Waals surface area contributed by atoms with Gasteiger partial charge in [0.1, 0.15) is 5.82 Å². The second-order valence-corrected chi connectivity index (χ2v) is 11.1. The molecule has 2 fully saturated rings. The van der Waals surface area contributed by atoms with Crippen LogP contribution >= 0.6 is 0 Å². The largest absolute Gasteiger partial charge is 0.325 e. The molecule has 0 saturated carbocycles. The maximum atomic E-state index is 13.5. The van der Waals surface area contributed by atoms with Gasteiger partial charge in [0.15, 0.2) is 0 Å². The summed E-state index contributed by atoms with van der Waals surface area (Å²) in [6, 6.07) is 13.2. The number of likely N-dealkylation sites (tertiary alicyclic amines) is 2. The maximum Gasteiger partial charge on any atom is 0.261 e. The number of carbonyl (C=O) groups is 2. The van der Waals surface area contributed by atoms with Crippen molar-refractivity contribution in [2.24, 2.45) is 0 Å².